The number of aliphatic hydroxyl groups excluding tert-OH is 1. The molecular formula is C10H12ClF2NOS. The van der Waals surface area contributed by atoms with Crippen LogP contribution in [0.4, 0.5) is 14.5 Å². The van der Waals surface area contributed by atoms with E-state index in [-0.39, 0.29) is 12.4 Å². The number of benzene rings is 1. The number of hydrogen-bond donors (Lipinski definition) is 2. The molecule has 0 aromatic heterocycles. The molecule has 0 saturated heterocycles. The standard InChI is InChI=1S/C10H12ClF2NOS/c11-5-7(15)6-14-8-3-1-2-4-9(8)16-10(12)13/h1-4,7,10,14-15H,5-6H2. The van der Waals surface area contributed by atoms with E-state index in [0.29, 0.717) is 22.3 Å². The molecule has 16 heavy (non-hydrogen) atoms. The summed E-state index contributed by atoms with van der Waals surface area (Å²) in [6.07, 6.45) is -0.689. The first-order valence-corrected chi connectivity index (χ1v) is 6.06. The number of thioether (sulfide) groups is 1. The average Bonchev–Trinajstić information content (AvgIpc) is 2.26. The summed E-state index contributed by atoms with van der Waals surface area (Å²) < 4.78 is 24.5. The second kappa shape index (κ2) is 6.93. The highest BCUT2D eigenvalue weighted by molar-refractivity contribution is 7.99. The molecule has 2 N–H and O–H groups in total. The Morgan fingerprint density at radius 3 is 2.69 bits per heavy atom. The number of nitrogens with one attached hydrogen (secondary N) is 1. The molecule has 2 nitrogen and oxygen atoms in total. The Morgan fingerprint density at radius 2 is 2.06 bits per heavy atom. The van der Waals surface area contributed by atoms with Crippen LogP contribution in [0.2, 0.25) is 0 Å². The highest BCUT2D eigenvalue weighted by Crippen LogP contribution is 2.31. The van der Waals surface area contributed by atoms with Gasteiger partial charge in [-0.3, -0.25) is 0 Å². The average molecular weight is 268 g/mol. The second-order valence-corrected chi connectivity index (χ2v) is 4.40. The maximum absolute atomic E-state index is 12.2. The summed E-state index contributed by atoms with van der Waals surface area (Å²) in [6.45, 7) is 0.240. The molecule has 0 aliphatic heterocycles. The molecular weight excluding hydrogens is 256 g/mol. The van der Waals surface area contributed by atoms with Gasteiger partial charge >= 0.3 is 0 Å². The van der Waals surface area contributed by atoms with Crippen molar-refractivity contribution in [3.05, 3.63) is 24.3 Å². The highest BCUT2D eigenvalue weighted by Gasteiger charge is 2.10. The maximum atomic E-state index is 12.2. The fourth-order valence-electron chi connectivity index (χ4n) is 1.09. The van der Waals surface area contributed by atoms with Gasteiger partial charge in [-0.25, -0.2) is 0 Å². The normalized spacial score (nSPS) is 12.8. The lowest BCUT2D eigenvalue weighted by Crippen LogP contribution is -2.21. The molecule has 6 heteroatoms. The molecule has 0 aliphatic carbocycles. The van der Waals surface area contributed by atoms with Gasteiger partial charge in [0.05, 0.1) is 12.0 Å². The van der Waals surface area contributed by atoms with Gasteiger partial charge in [-0.2, -0.15) is 8.78 Å². The van der Waals surface area contributed by atoms with Crippen LogP contribution in [0.15, 0.2) is 29.2 Å². The van der Waals surface area contributed by atoms with E-state index in [0.717, 1.165) is 0 Å². The molecule has 90 valence electrons. The predicted molar refractivity (Wildman–Crippen MR) is 63.5 cm³/mol. The van der Waals surface area contributed by atoms with Crippen LogP contribution in [0.25, 0.3) is 0 Å². The molecule has 0 radical (unpaired) electrons. The Morgan fingerprint density at radius 1 is 1.38 bits per heavy atom. The number of halogens is 3. The summed E-state index contributed by atoms with van der Waals surface area (Å²) in [7, 11) is 0. The van der Waals surface area contributed by atoms with E-state index >= 15 is 0 Å². The molecule has 1 atom stereocenters. The molecule has 1 rings (SSSR count). The van der Waals surface area contributed by atoms with E-state index in [4.69, 9.17) is 11.6 Å². The third-order valence-corrected chi connectivity index (χ3v) is 2.95. The molecule has 1 unspecified atom stereocenters. The fourth-order valence-corrected chi connectivity index (χ4v) is 1.82. The van der Waals surface area contributed by atoms with Crippen LogP contribution in [0.5, 0.6) is 0 Å². The van der Waals surface area contributed by atoms with Crippen molar-refractivity contribution < 1.29 is 13.9 Å². The minimum atomic E-state index is -2.46. The minimum absolute atomic E-state index is 0.108. The number of alkyl halides is 3. The van der Waals surface area contributed by atoms with E-state index in [1.54, 1.807) is 24.3 Å². The van der Waals surface area contributed by atoms with Gasteiger partial charge in [-0.05, 0) is 12.1 Å². The van der Waals surface area contributed by atoms with Crippen molar-refractivity contribution in [3.8, 4) is 0 Å². The molecule has 0 aliphatic rings. The third kappa shape index (κ3) is 4.55. The van der Waals surface area contributed by atoms with Gasteiger partial charge in [-0.15, -0.1) is 11.6 Å². The van der Waals surface area contributed by atoms with Crippen LogP contribution in [0.1, 0.15) is 0 Å². The van der Waals surface area contributed by atoms with Crippen molar-refractivity contribution in [2.24, 2.45) is 0 Å². The van der Waals surface area contributed by atoms with Crippen LogP contribution in [0.3, 0.4) is 0 Å². The quantitative estimate of drug-likeness (QED) is 0.614. The van der Waals surface area contributed by atoms with Gasteiger partial charge in [0.25, 0.3) is 5.76 Å². The topological polar surface area (TPSA) is 32.3 Å². The van der Waals surface area contributed by atoms with Crippen LogP contribution >= 0.6 is 23.4 Å². The lowest BCUT2D eigenvalue weighted by atomic mass is 10.3. The SMILES string of the molecule is OC(CCl)CNc1ccccc1SC(F)F. The molecule has 1 aromatic carbocycles. The summed E-state index contributed by atoms with van der Waals surface area (Å²) in [5, 5.41) is 12.1. The van der Waals surface area contributed by atoms with Gasteiger partial charge in [0.15, 0.2) is 0 Å². The summed E-state index contributed by atoms with van der Waals surface area (Å²) in [5.74, 6) is -2.35. The van der Waals surface area contributed by atoms with Gasteiger partial charge in [-0.1, -0.05) is 23.9 Å². The van der Waals surface area contributed by atoms with Crippen molar-refractivity contribution in [1.82, 2.24) is 0 Å². The van der Waals surface area contributed by atoms with Crippen molar-refractivity contribution in [3.63, 3.8) is 0 Å². The fraction of sp³-hybridized carbons (Fsp3) is 0.400. The minimum Gasteiger partial charge on any atom is -0.390 e. The summed E-state index contributed by atoms with van der Waals surface area (Å²) in [6, 6.07) is 6.72. The lowest BCUT2D eigenvalue weighted by Gasteiger charge is -2.13. The van der Waals surface area contributed by atoms with E-state index < -0.39 is 11.9 Å². The van der Waals surface area contributed by atoms with Crippen LogP contribution in [-0.4, -0.2) is 29.4 Å². The monoisotopic (exact) mass is 267 g/mol. The van der Waals surface area contributed by atoms with E-state index in [9.17, 15) is 13.9 Å². The number of hydrogen-bond acceptors (Lipinski definition) is 3. The third-order valence-electron chi connectivity index (χ3n) is 1.81. The number of anilines is 1. The predicted octanol–water partition coefficient (Wildman–Crippen LogP) is 3.01. The number of para-hydroxylation sites is 1. The number of aliphatic hydroxyl groups is 1. The van der Waals surface area contributed by atoms with Crippen molar-refractivity contribution in [1.29, 1.82) is 0 Å². The first kappa shape index (κ1) is 13.5. The molecule has 0 spiro atoms. The first-order chi connectivity index (χ1) is 7.63. The Labute approximate surface area is 102 Å². The summed E-state index contributed by atoms with van der Waals surface area (Å²) in [4.78, 5) is 0.458. The first-order valence-electron chi connectivity index (χ1n) is 4.65. The molecule has 0 saturated carbocycles. The van der Waals surface area contributed by atoms with Crippen LogP contribution < -0.4 is 5.32 Å². The Kier molecular flexibility index (Phi) is 5.87. The second-order valence-electron chi connectivity index (χ2n) is 3.06. The van der Waals surface area contributed by atoms with Crippen molar-refractivity contribution in [2.45, 2.75) is 16.8 Å². The summed E-state index contributed by atoms with van der Waals surface area (Å²) in [5.41, 5.74) is 0.581. The van der Waals surface area contributed by atoms with E-state index in [1.807, 2.05) is 0 Å². The van der Waals surface area contributed by atoms with Gasteiger partial charge in [0.2, 0.25) is 0 Å². The van der Waals surface area contributed by atoms with Crippen LogP contribution in [-0.2, 0) is 0 Å². The van der Waals surface area contributed by atoms with E-state index in [2.05, 4.69) is 5.32 Å². The highest BCUT2D eigenvalue weighted by atomic mass is 35.5. The zero-order chi connectivity index (χ0) is 12.0. The zero-order valence-corrected chi connectivity index (χ0v) is 9.94. The molecule has 0 fully saturated rings. The number of rotatable bonds is 6. The van der Waals surface area contributed by atoms with Crippen molar-refractivity contribution in [2.75, 3.05) is 17.7 Å². The van der Waals surface area contributed by atoms with Gasteiger partial charge in [0.1, 0.15) is 0 Å². The molecule has 0 amide bonds. The van der Waals surface area contributed by atoms with Crippen LogP contribution in [0, 0.1) is 0 Å². The molecule has 0 heterocycles. The molecule has 1 aromatic rings. The maximum Gasteiger partial charge on any atom is 0.288 e. The smallest absolute Gasteiger partial charge is 0.288 e. The Hall–Kier alpha value is -0.520. The van der Waals surface area contributed by atoms with Gasteiger partial charge < -0.3 is 10.4 Å². The van der Waals surface area contributed by atoms with Gasteiger partial charge in [0, 0.05) is 17.1 Å². The summed E-state index contributed by atoms with van der Waals surface area (Å²) >= 11 is 5.90. The lowest BCUT2D eigenvalue weighted by molar-refractivity contribution is 0.211. The van der Waals surface area contributed by atoms with E-state index in [1.165, 1.54) is 0 Å². The van der Waals surface area contributed by atoms with Crippen molar-refractivity contribution >= 4 is 29.1 Å². The zero-order valence-electron chi connectivity index (χ0n) is 8.37. The Balaban J connectivity index is 2.63. The largest absolute Gasteiger partial charge is 0.390 e. The Bertz CT molecular complexity index is 327. The molecule has 0 bridgehead atoms.